The maximum absolute atomic E-state index is 13.3. The highest BCUT2D eigenvalue weighted by Gasteiger charge is 2.33. The Morgan fingerprint density at radius 2 is 1.76 bits per heavy atom. The van der Waals surface area contributed by atoms with Gasteiger partial charge in [-0.05, 0) is 107 Å². The van der Waals surface area contributed by atoms with Crippen LogP contribution in [0.1, 0.15) is 29.2 Å². The minimum absolute atomic E-state index is 0.118. The van der Waals surface area contributed by atoms with Gasteiger partial charge in [0, 0.05) is 0 Å². The first-order chi connectivity index (χ1) is 18.4. The molecule has 0 spiro atoms. The Bertz CT molecular complexity index is 1590. The first kappa shape index (κ1) is 26.7. The van der Waals surface area contributed by atoms with Crippen LogP contribution >= 0.6 is 46.6 Å². The molecule has 0 aliphatic carbocycles. The second-order valence-corrected chi connectivity index (χ2v) is 11.8. The number of benzene rings is 4. The van der Waals surface area contributed by atoms with Crippen molar-refractivity contribution in [3.05, 3.63) is 104 Å². The van der Waals surface area contributed by atoms with Crippen LogP contribution < -0.4 is 14.4 Å². The fourth-order valence-corrected chi connectivity index (χ4v) is 6.43. The first-order valence-electron chi connectivity index (χ1n) is 12.3. The van der Waals surface area contributed by atoms with E-state index < -0.39 is 0 Å². The number of nitrogens with zero attached hydrogens (tertiary/aromatic N) is 1. The predicted octanol–water partition coefficient (Wildman–Crippen LogP) is 8.44. The lowest BCUT2D eigenvalue weighted by atomic mass is 10.1. The predicted molar refractivity (Wildman–Crippen MR) is 170 cm³/mol. The van der Waals surface area contributed by atoms with Crippen LogP contribution in [0.4, 0.5) is 5.69 Å². The summed E-state index contributed by atoms with van der Waals surface area (Å²) in [6, 6.07) is 24.4. The van der Waals surface area contributed by atoms with Crippen LogP contribution in [0.25, 0.3) is 16.8 Å². The molecule has 1 amide bonds. The summed E-state index contributed by atoms with van der Waals surface area (Å²) < 4.78 is 13.7. The molecular weight excluding hydrogens is 625 g/mol. The molecule has 1 aliphatic rings. The Morgan fingerprint density at radius 3 is 2.55 bits per heavy atom. The molecule has 4 nitrogen and oxygen atoms in total. The van der Waals surface area contributed by atoms with Crippen molar-refractivity contribution < 1.29 is 14.3 Å². The highest BCUT2D eigenvalue weighted by Crippen LogP contribution is 2.39. The van der Waals surface area contributed by atoms with E-state index in [4.69, 9.17) is 21.7 Å². The van der Waals surface area contributed by atoms with Crippen LogP contribution in [0.15, 0.2) is 77.7 Å². The van der Waals surface area contributed by atoms with E-state index in [1.165, 1.54) is 28.1 Å². The zero-order chi connectivity index (χ0) is 26.8. The Kier molecular flexibility index (Phi) is 8.07. The van der Waals surface area contributed by atoms with E-state index in [-0.39, 0.29) is 5.91 Å². The second-order valence-electron chi connectivity index (χ2n) is 8.98. The van der Waals surface area contributed by atoms with Crippen molar-refractivity contribution in [2.45, 2.75) is 27.4 Å². The lowest BCUT2D eigenvalue weighted by Crippen LogP contribution is -2.27. The van der Waals surface area contributed by atoms with E-state index in [1.807, 2.05) is 68.5 Å². The molecule has 0 aromatic heterocycles. The molecule has 38 heavy (non-hydrogen) atoms. The molecule has 0 bridgehead atoms. The number of rotatable bonds is 7. The van der Waals surface area contributed by atoms with Gasteiger partial charge in [-0.25, -0.2) is 0 Å². The van der Waals surface area contributed by atoms with Gasteiger partial charge in [-0.2, -0.15) is 0 Å². The van der Waals surface area contributed by atoms with E-state index in [2.05, 4.69) is 53.8 Å². The molecule has 1 fully saturated rings. The quantitative estimate of drug-likeness (QED) is 0.114. The van der Waals surface area contributed by atoms with Gasteiger partial charge in [0.2, 0.25) is 0 Å². The summed E-state index contributed by atoms with van der Waals surface area (Å²) in [5, 5.41) is 2.35. The number of fused-ring (bicyclic) bond motifs is 1. The van der Waals surface area contributed by atoms with Crippen molar-refractivity contribution >= 4 is 79.3 Å². The summed E-state index contributed by atoms with van der Waals surface area (Å²) in [6.07, 6.45) is 1.87. The van der Waals surface area contributed by atoms with Gasteiger partial charge in [-0.15, -0.1) is 0 Å². The molecular formula is C31H26INO3S2. The van der Waals surface area contributed by atoms with Gasteiger partial charge in [-0.1, -0.05) is 72.5 Å². The van der Waals surface area contributed by atoms with Crippen LogP contribution in [0, 0.1) is 17.4 Å². The maximum atomic E-state index is 13.3. The topological polar surface area (TPSA) is 38.8 Å². The maximum Gasteiger partial charge on any atom is 0.270 e. The Hall–Kier alpha value is -2.88. The molecule has 0 atom stereocenters. The normalized spacial score (nSPS) is 14.5. The Balaban J connectivity index is 1.42. The first-order valence-corrected chi connectivity index (χ1v) is 14.6. The monoisotopic (exact) mass is 651 g/mol. The molecule has 5 rings (SSSR count). The van der Waals surface area contributed by atoms with E-state index >= 15 is 0 Å². The smallest absolute Gasteiger partial charge is 0.270 e. The number of thiocarbonyl (C=S) groups is 1. The summed E-state index contributed by atoms with van der Waals surface area (Å²) in [7, 11) is 0. The number of carbonyl (C=O) groups is 1. The lowest BCUT2D eigenvalue weighted by molar-refractivity contribution is -0.113. The summed E-state index contributed by atoms with van der Waals surface area (Å²) in [4.78, 5) is 15.5. The number of hydrogen-bond donors (Lipinski definition) is 0. The van der Waals surface area contributed by atoms with Crippen LogP contribution in [0.5, 0.6) is 11.5 Å². The highest BCUT2D eigenvalue weighted by atomic mass is 127. The summed E-state index contributed by atoms with van der Waals surface area (Å²) >= 11 is 9.16. The number of carbonyl (C=O) groups excluding carboxylic acids is 1. The molecule has 0 N–H and O–H groups in total. The molecule has 4 aromatic rings. The number of thioether (sulfide) groups is 1. The largest absolute Gasteiger partial charge is 0.490 e. The Labute approximate surface area is 246 Å². The van der Waals surface area contributed by atoms with Crippen LogP contribution in [-0.4, -0.2) is 16.8 Å². The summed E-state index contributed by atoms with van der Waals surface area (Å²) in [5.41, 5.74) is 5.06. The molecule has 7 heteroatoms. The lowest BCUT2D eigenvalue weighted by Gasteiger charge is -2.16. The zero-order valence-electron chi connectivity index (χ0n) is 21.3. The number of anilines is 1. The van der Waals surface area contributed by atoms with E-state index in [1.54, 1.807) is 4.90 Å². The van der Waals surface area contributed by atoms with Crippen LogP contribution in [0.3, 0.4) is 0 Å². The fraction of sp³-hybridized carbons (Fsp3) is 0.161. The molecule has 0 unspecified atom stereocenters. The summed E-state index contributed by atoms with van der Waals surface area (Å²) in [5.74, 6) is 1.23. The van der Waals surface area contributed by atoms with E-state index in [0.29, 0.717) is 33.9 Å². The van der Waals surface area contributed by atoms with Gasteiger partial charge in [0.05, 0.1) is 20.8 Å². The van der Waals surface area contributed by atoms with Crippen molar-refractivity contribution in [1.82, 2.24) is 0 Å². The minimum Gasteiger partial charge on any atom is -0.490 e. The van der Waals surface area contributed by atoms with E-state index in [9.17, 15) is 4.79 Å². The molecule has 1 heterocycles. The molecule has 192 valence electrons. The average molecular weight is 652 g/mol. The van der Waals surface area contributed by atoms with Crippen molar-refractivity contribution in [2.75, 3.05) is 11.5 Å². The number of hydrogen-bond acceptors (Lipinski definition) is 5. The third-order valence-corrected chi connectivity index (χ3v) is 8.53. The van der Waals surface area contributed by atoms with Gasteiger partial charge >= 0.3 is 0 Å². The molecule has 1 saturated heterocycles. The molecule has 1 aliphatic heterocycles. The summed E-state index contributed by atoms with van der Waals surface area (Å²) in [6.45, 7) is 6.96. The van der Waals surface area contributed by atoms with Crippen molar-refractivity contribution in [3.8, 4) is 11.5 Å². The second kappa shape index (κ2) is 11.5. The SMILES string of the molecule is CCOc1cc(/C=C2/SC(=S)N(c3ccc(C)c(C)c3)C2=O)cc(I)c1OCc1cccc2ccccc12. The van der Waals surface area contributed by atoms with Crippen molar-refractivity contribution in [2.24, 2.45) is 0 Å². The van der Waals surface area contributed by atoms with Gasteiger partial charge in [0.1, 0.15) is 6.61 Å². The molecule has 0 saturated carbocycles. The van der Waals surface area contributed by atoms with Gasteiger partial charge in [0.25, 0.3) is 5.91 Å². The van der Waals surface area contributed by atoms with Gasteiger partial charge in [0.15, 0.2) is 15.8 Å². The van der Waals surface area contributed by atoms with Crippen molar-refractivity contribution in [1.29, 1.82) is 0 Å². The minimum atomic E-state index is -0.118. The van der Waals surface area contributed by atoms with Gasteiger partial charge < -0.3 is 9.47 Å². The van der Waals surface area contributed by atoms with E-state index in [0.717, 1.165) is 25.9 Å². The zero-order valence-corrected chi connectivity index (χ0v) is 25.1. The number of ether oxygens (including phenoxy) is 2. The third-order valence-electron chi connectivity index (χ3n) is 6.42. The molecule has 4 aromatic carbocycles. The van der Waals surface area contributed by atoms with Crippen LogP contribution in [0.2, 0.25) is 0 Å². The third kappa shape index (κ3) is 5.46. The Morgan fingerprint density at radius 1 is 0.974 bits per heavy atom. The van der Waals surface area contributed by atoms with Crippen LogP contribution in [-0.2, 0) is 11.4 Å². The standard InChI is InChI=1S/C31H26INO3S2/c1-4-35-27-16-21(17-28-30(34)33(31(37)38-28)24-13-12-19(2)20(3)14-24)15-26(32)29(27)36-18-23-10-7-9-22-8-5-6-11-25(22)23/h5-17H,4,18H2,1-3H3/b28-17+. The van der Waals surface area contributed by atoms with Crippen molar-refractivity contribution in [3.63, 3.8) is 0 Å². The highest BCUT2D eigenvalue weighted by molar-refractivity contribution is 14.1. The average Bonchev–Trinajstić information content (AvgIpc) is 3.17. The number of aryl methyl sites for hydroxylation is 2. The number of amides is 1. The fourth-order valence-electron chi connectivity index (χ4n) is 4.35. The van der Waals surface area contributed by atoms with Gasteiger partial charge in [-0.3, -0.25) is 9.69 Å². The molecule has 0 radical (unpaired) electrons. The number of halogens is 1.